The van der Waals surface area contributed by atoms with Gasteiger partial charge in [-0.05, 0) is 24.5 Å². The summed E-state index contributed by atoms with van der Waals surface area (Å²) in [7, 11) is 1.87. The van der Waals surface area contributed by atoms with E-state index in [9.17, 15) is 0 Å². The van der Waals surface area contributed by atoms with Crippen LogP contribution in [-0.2, 0) is 12.8 Å². The van der Waals surface area contributed by atoms with Gasteiger partial charge in [0.25, 0.3) is 0 Å². The molecule has 0 fully saturated rings. The monoisotopic (exact) mass is 271 g/mol. The Morgan fingerprint density at radius 1 is 1.15 bits per heavy atom. The Bertz CT molecular complexity index is 569. The Morgan fingerprint density at radius 2 is 1.95 bits per heavy atom. The van der Waals surface area contributed by atoms with Crippen LogP contribution in [0.4, 0.5) is 5.82 Å². The zero-order valence-electron chi connectivity index (χ0n) is 12.3. The number of aromatic nitrogens is 2. The van der Waals surface area contributed by atoms with Gasteiger partial charge in [-0.15, -0.1) is 0 Å². The fourth-order valence-corrected chi connectivity index (χ4v) is 2.17. The van der Waals surface area contributed by atoms with E-state index in [1.54, 1.807) is 0 Å². The molecule has 2 rings (SSSR count). The van der Waals surface area contributed by atoms with E-state index >= 15 is 0 Å². The lowest BCUT2D eigenvalue weighted by Crippen LogP contribution is -2.03. The first-order chi connectivity index (χ1) is 9.80. The molecule has 20 heavy (non-hydrogen) atoms. The van der Waals surface area contributed by atoms with Crippen LogP contribution in [0.25, 0.3) is 0 Å². The SMILES string of the molecule is CCCc1c(NC)ncnc1Oc1ccccc1CC. The largest absolute Gasteiger partial charge is 0.438 e. The highest BCUT2D eigenvalue weighted by atomic mass is 16.5. The van der Waals surface area contributed by atoms with Crippen molar-refractivity contribution in [3.8, 4) is 11.6 Å². The van der Waals surface area contributed by atoms with Gasteiger partial charge >= 0.3 is 0 Å². The molecule has 1 heterocycles. The smallest absolute Gasteiger partial charge is 0.227 e. The lowest BCUT2D eigenvalue weighted by Gasteiger charge is -2.14. The van der Waals surface area contributed by atoms with E-state index in [-0.39, 0.29) is 0 Å². The highest BCUT2D eigenvalue weighted by Crippen LogP contribution is 2.30. The fourth-order valence-electron chi connectivity index (χ4n) is 2.17. The number of para-hydroxylation sites is 1. The second kappa shape index (κ2) is 6.89. The summed E-state index contributed by atoms with van der Waals surface area (Å²) in [6.07, 6.45) is 4.38. The minimum absolute atomic E-state index is 0.645. The molecule has 0 amide bonds. The number of ether oxygens (including phenoxy) is 1. The van der Waals surface area contributed by atoms with Gasteiger partial charge in [0.1, 0.15) is 17.9 Å². The third-order valence-electron chi connectivity index (χ3n) is 3.20. The Balaban J connectivity index is 2.37. The van der Waals surface area contributed by atoms with Gasteiger partial charge in [0.15, 0.2) is 0 Å². The Hall–Kier alpha value is -2.10. The van der Waals surface area contributed by atoms with Crippen LogP contribution < -0.4 is 10.1 Å². The van der Waals surface area contributed by atoms with Crippen molar-refractivity contribution >= 4 is 5.82 Å². The van der Waals surface area contributed by atoms with Crippen LogP contribution in [0, 0.1) is 0 Å². The summed E-state index contributed by atoms with van der Waals surface area (Å²) in [4.78, 5) is 8.56. The maximum atomic E-state index is 6.04. The molecule has 0 saturated carbocycles. The van der Waals surface area contributed by atoms with Crippen molar-refractivity contribution in [3.63, 3.8) is 0 Å². The molecule has 0 unspecified atom stereocenters. The summed E-state index contributed by atoms with van der Waals surface area (Å²) < 4.78 is 6.04. The van der Waals surface area contributed by atoms with Crippen LogP contribution in [0.2, 0.25) is 0 Å². The molecule has 106 valence electrons. The molecular formula is C16H21N3O. The second-order valence-electron chi connectivity index (χ2n) is 4.57. The van der Waals surface area contributed by atoms with Crippen LogP contribution in [-0.4, -0.2) is 17.0 Å². The maximum Gasteiger partial charge on any atom is 0.227 e. The van der Waals surface area contributed by atoms with Crippen molar-refractivity contribution in [1.29, 1.82) is 0 Å². The summed E-state index contributed by atoms with van der Waals surface area (Å²) in [6.45, 7) is 4.25. The van der Waals surface area contributed by atoms with E-state index in [1.807, 2.05) is 25.2 Å². The molecule has 0 aliphatic rings. The summed E-state index contributed by atoms with van der Waals surface area (Å²) in [6, 6.07) is 8.07. The van der Waals surface area contributed by atoms with Crippen LogP contribution in [0.3, 0.4) is 0 Å². The van der Waals surface area contributed by atoms with E-state index in [0.717, 1.165) is 36.4 Å². The number of rotatable bonds is 6. The van der Waals surface area contributed by atoms with Crippen LogP contribution in [0.15, 0.2) is 30.6 Å². The van der Waals surface area contributed by atoms with Crippen molar-refractivity contribution in [2.75, 3.05) is 12.4 Å². The number of aryl methyl sites for hydroxylation is 1. The van der Waals surface area contributed by atoms with Crippen molar-refractivity contribution in [3.05, 3.63) is 41.7 Å². The van der Waals surface area contributed by atoms with Gasteiger partial charge in [-0.3, -0.25) is 0 Å². The minimum atomic E-state index is 0.645. The number of nitrogens with zero attached hydrogens (tertiary/aromatic N) is 2. The normalized spacial score (nSPS) is 10.3. The zero-order chi connectivity index (χ0) is 14.4. The molecule has 0 saturated heterocycles. The van der Waals surface area contributed by atoms with E-state index in [1.165, 1.54) is 11.9 Å². The van der Waals surface area contributed by atoms with Crippen LogP contribution in [0.1, 0.15) is 31.4 Å². The predicted octanol–water partition coefficient (Wildman–Crippen LogP) is 3.83. The predicted molar refractivity (Wildman–Crippen MR) is 81.5 cm³/mol. The quantitative estimate of drug-likeness (QED) is 0.867. The van der Waals surface area contributed by atoms with Crippen molar-refractivity contribution in [2.24, 2.45) is 0 Å². The van der Waals surface area contributed by atoms with Crippen molar-refractivity contribution < 1.29 is 4.74 Å². The van der Waals surface area contributed by atoms with E-state index in [0.29, 0.717) is 5.88 Å². The lowest BCUT2D eigenvalue weighted by molar-refractivity contribution is 0.449. The Morgan fingerprint density at radius 3 is 2.65 bits per heavy atom. The standard InChI is InChI=1S/C16H21N3O/c1-4-8-13-15(17-3)18-11-19-16(13)20-14-10-7-6-9-12(14)5-2/h6-7,9-11H,4-5,8H2,1-3H3,(H,17,18,19). The van der Waals surface area contributed by atoms with E-state index in [4.69, 9.17) is 4.74 Å². The van der Waals surface area contributed by atoms with Gasteiger partial charge in [-0.2, -0.15) is 0 Å². The molecule has 4 nitrogen and oxygen atoms in total. The van der Waals surface area contributed by atoms with Gasteiger partial charge in [0, 0.05) is 7.05 Å². The number of hydrogen-bond donors (Lipinski definition) is 1. The highest BCUT2D eigenvalue weighted by molar-refractivity contribution is 5.50. The topological polar surface area (TPSA) is 47.0 Å². The summed E-state index contributed by atoms with van der Waals surface area (Å²) in [5, 5.41) is 3.10. The minimum Gasteiger partial charge on any atom is -0.438 e. The summed E-state index contributed by atoms with van der Waals surface area (Å²) >= 11 is 0. The molecule has 1 N–H and O–H groups in total. The first-order valence-electron chi connectivity index (χ1n) is 7.07. The highest BCUT2D eigenvalue weighted by Gasteiger charge is 2.13. The first kappa shape index (κ1) is 14.3. The van der Waals surface area contributed by atoms with Crippen molar-refractivity contribution in [1.82, 2.24) is 9.97 Å². The van der Waals surface area contributed by atoms with Gasteiger partial charge in [0.2, 0.25) is 5.88 Å². The van der Waals surface area contributed by atoms with Crippen LogP contribution in [0.5, 0.6) is 11.6 Å². The van der Waals surface area contributed by atoms with Crippen LogP contribution >= 0.6 is 0 Å². The van der Waals surface area contributed by atoms with E-state index in [2.05, 4.69) is 35.2 Å². The Labute approximate surface area is 120 Å². The molecule has 2 aromatic rings. The molecule has 0 aliphatic carbocycles. The van der Waals surface area contributed by atoms with E-state index < -0.39 is 0 Å². The van der Waals surface area contributed by atoms with Gasteiger partial charge < -0.3 is 10.1 Å². The van der Waals surface area contributed by atoms with Crippen molar-refractivity contribution in [2.45, 2.75) is 33.1 Å². The molecule has 1 aromatic carbocycles. The van der Waals surface area contributed by atoms with Gasteiger partial charge in [-0.25, -0.2) is 9.97 Å². The molecule has 4 heteroatoms. The third kappa shape index (κ3) is 3.07. The number of nitrogens with one attached hydrogen (secondary N) is 1. The Kier molecular flexibility index (Phi) is 4.93. The number of anilines is 1. The fraction of sp³-hybridized carbons (Fsp3) is 0.375. The average molecular weight is 271 g/mol. The molecule has 1 aromatic heterocycles. The molecule has 0 bridgehead atoms. The molecule has 0 atom stereocenters. The van der Waals surface area contributed by atoms with Gasteiger partial charge in [0.05, 0.1) is 5.56 Å². The van der Waals surface area contributed by atoms with Gasteiger partial charge in [-0.1, -0.05) is 38.5 Å². The molecule has 0 aliphatic heterocycles. The second-order valence-corrected chi connectivity index (χ2v) is 4.57. The summed E-state index contributed by atoms with van der Waals surface area (Å²) in [5.74, 6) is 2.35. The molecule has 0 spiro atoms. The zero-order valence-corrected chi connectivity index (χ0v) is 12.3. The molecule has 0 radical (unpaired) electrons. The number of benzene rings is 1. The first-order valence-corrected chi connectivity index (χ1v) is 7.07. The third-order valence-corrected chi connectivity index (χ3v) is 3.20. The maximum absolute atomic E-state index is 6.04. The number of hydrogen-bond acceptors (Lipinski definition) is 4. The molecular weight excluding hydrogens is 250 g/mol. The lowest BCUT2D eigenvalue weighted by atomic mass is 10.1. The summed E-state index contributed by atoms with van der Waals surface area (Å²) in [5.41, 5.74) is 2.21. The average Bonchev–Trinajstić information content (AvgIpc) is 2.49.